The van der Waals surface area contributed by atoms with Gasteiger partial charge in [-0.25, -0.2) is 0 Å². The number of hydrogen-bond acceptors (Lipinski definition) is 2. The van der Waals surface area contributed by atoms with E-state index in [0.29, 0.717) is 13.0 Å². The number of nitrogens with one attached hydrogen (secondary N) is 2. The summed E-state index contributed by atoms with van der Waals surface area (Å²) >= 11 is 0. The Morgan fingerprint density at radius 1 is 1.19 bits per heavy atom. The molecule has 0 aliphatic rings. The van der Waals surface area contributed by atoms with Crippen LogP contribution in [0.5, 0.6) is 0 Å². The molecule has 1 aromatic carbocycles. The molecule has 0 bridgehead atoms. The van der Waals surface area contributed by atoms with E-state index in [0.717, 1.165) is 25.5 Å². The van der Waals surface area contributed by atoms with Crippen LogP contribution in [0.2, 0.25) is 0 Å². The number of amides is 1. The van der Waals surface area contributed by atoms with Crippen molar-refractivity contribution in [2.45, 2.75) is 19.8 Å². The van der Waals surface area contributed by atoms with Crippen LogP contribution in [-0.2, 0) is 11.2 Å². The summed E-state index contributed by atoms with van der Waals surface area (Å²) in [6.07, 6.45) is 1.38. The van der Waals surface area contributed by atoms with E-state index in [1.165, 1.54) is 5.56 Å². The maximum Gasteiger partial charge on any atom is 0.223 e. The summed E-state index contributed by atoms with van der Waals surface area (Å²) < 4.78 is 0. The van der Waals surface area contributed by atoms with Crippen molar-refractivity contribution in [2.24, 2.45) is 4.99 Å². The number of hydrogen-bond donors (Lipinski definition) is 2. The molecule has 0 saturated heterocycles. The highest BCUT2D eigenvalue weighted by Crippen LogP contribution is 1.98. The molecular formula is C16H26N4O. The van der Waals surface area contributed by atoms with Gasteiger partial charge in [0.15, 0.2) is 5.96 Å². The van der Waals surface area contributed by atoms with Gasteiger partial charge in [-0.1, -0.05) is 30.3 Å². The van der Waals surface area contributed by atoms with Gasteiger partial charge in [0.25, 0.3) is 0 Å². The second-order valence-electron chi connectivity index (χ2n) is 4.96. The zero-order chi connectivity index (χ0) is 15.5. The van der Waals surface area contributed by atoms with Crippen LogP contribution in [0.4, 0.5) is 0 Å². The Balaban J connectivity index is 2.36. The van der Waals surface area contributed by atoms with Crippen LogP contribution in [0.3, 0.4) is 0 Å². The average molecular weight is 290 g/mol. The molecule has 21 heavy (non-hydrogen) atoms. The highest BCUT2D eigenvalue weighted by Gasteiger charge is 2.03. The lowest BCUT2D eigenvalue weighted by Crippen LogP contribution is -2.38. The second-order valence-corrected chi connectivity index (χ2v) is 4.96. The van der Waals surface area contributed by atoms with Gasteiger partial charge in [0.1, 0.15) is 0 Å². The molecule has 1 rings (SSSR count). The van der Waals surface area contributed by atoms with E-state index in [1.54, 1.807) is 19.0 Å². The first-order valence-electron chi connectivity index (χ1n) is 7.39. The van der Waals surface area contributed by atoms with Gasteiger partial charge < -0.3 is 15.5 Å². The average Bonchev–Trinajstić information content (AvgIpc) is 2.48. The number of carbonyl (C=O) groups is 1. The van der Waals surface area contributed by atoms with Crippen molar-refractivity contribution in [3.05, 3.63) is 35.9 Å². The Morgan fingerprint density at radius 3 is 2.52 bits per heavy atom. The molecule has 5 nitrogen and oxygen atoms in total. The molecule has 2 N–H and O–H groups in total. The second kappa shape index (κ2) is 9.80. The van der Waals surface area contributed by atoms with E-state index < -0.39 is 0 Å². The Kier molecular flexibility index (Phi) is 7.94. The fraction of sp³-hybridized carbons (Fsp3) is 0.500. The molecule has 1 aromatic rings. The first-order chi connectivity index (χ1) is 10.1. The van der Waals surface area contributed by atoms with E-state index in [1.807, 2.05) is 25.1 Å². The molecule has 0 aliphatic carbocycles. The van der Waals surface area contributed by atoms with E-state index in [-0.39, 0.29) is 5.91 Å². The number of nitrogens with zero attached hydrogens (tertiary/aromatic N) is 2. The van der Waals surface area contributed by atoms with Crippen LogP contribution in [-0.4, -0.2) is 50.5 Å². The quantitative estimate of drug-likeness (QED) is 0.587. The first kappa shape index (κ1) is 17.0. The summed E-state index contributed by atoms with van der Waals surface area (Å²) in [6, 6.07) is 10.3. The van der Waals surface area contributed by atoms with E-state index in [2.05, 4.69) is 27.8 Å². The Labute approximate surface area is 127 Å². The first-order valence-corrected chi connectivity index (χ1v) is 7.39. The van der Waals surface area contributed by atoms with Gasteiger partial charge in [-0.2, -0.15) is 0 Å². The van der Waals surface area contributed by atoms with Crippen LogP contribution < -0.4 is 10.6 Å². The molecule has 0 spiro atoms. The van der Waals surface area contributed by atoms with Crippen molar-refractivity contribution in [1.29, 1.82) is 0 Å². The molecule has 5 heteroatoms. The molecule has 0 saturated carbocycles. The minimum atomic E-state index is 0.0962. The van der Waals surface area contributed by atoms with Crippen molar-refractivity contribution in [1.82, 2.24) is 15.5 Å². The Morgan fingerprint density at radius 2 is 1.90 bits per heavy atom. The van der Waals surface area contributed by atoms with E-state index in [9.17, 15) is 4.79 Å². The molecule has 0 aromatic heterocycles. The van der Waals surface area contributed by atoms with Gasteiger partial charge in [-0.05, 0) is 18.9 Å². The van der Waals surface area contributed by atoms with Gasteiger partial charge in [-0.3, -0.25) is 9.79 Å². The predicted molar refractivity (Wildman–Crippen MR) is 87.4 cm³/mol. The highest BCUT2D eigenvalue weighted by atomic mass is 16.2. The fourth-order valence-corrected chi connectivity index (χ4v) is 1.80. The van der Waals surface area contributed by atoms with Gasteiger partial charge in [0.2, 0.25) is 5.91 Å². The summed E-state index contributed by atoms with van der Waals surface area (Å²) in [7, 11) is 3.52. The Hall–Kier alpha value is -2.04. The minimum Gasteiger partial charge on any atom is -0.357 e. The zero-order valence-corrected chi connectivity index (χ0v) is 13.2. The van der Waals surface area contributed by atoms with Crippen LogP contribution >= 0.6 is 0 Å². The molecule has 0 aliphatic heterocycles. The predicted octanol–water partition coefficient (Wildman–Crippen LogP) is 1.26. The third kappa shape index (κ3) is 7.34. The van der Waals surface area contributed by atoms with Crippen molar-refractivity contribution in [3.63, 3.8) is 0 Å². The van der Waals surface area contributed by atoms with Crippen molar-refractivity contribution < 1.29 is 4.79 Å². The number of benzene rings is 1. The summed E-state index contributed by atoms with van der Waals surface area (Å²) in [5.74, 6) is 0.860. The third-order valence-corrected chi connectivity index (χ3v) is 2.99. The van der Waals surface area contributed by atoms with Crippen LogP contribution in [0.15, 0.2) is 35.3 Å². The summed E-state index contributed by atoms with van der Waals surface area (Å²) in [5.41, 5.74) is 1.30. The summed E-state index contributed by atoms with van der Waals surface area (Å²) in [4.78, 5) is 17.5. The van der Waals surface area contributed by atoms with Crippen molar-refractivity contribution in [2.75, 3.05) is 33.7 Å². The topological polar surface area (TPSA) is 56.7 Å². The van der Waals surface area contributed by atoms with Crippen LogP contribution in [0.25, 0.3) is 0 Å². The van der Waals surface area contributed by atoms with Crippen molar-refractivity contribution in [3.8, 4) is 0 Å². The normalized spacial score (nSPS) is 11.1. The molecule has 0 unspecified atom stereocenters. The van der Waals surface area contributed by atoms with Gasteiger partial charge in [0.05, 0.1) is 6.54 Å². The van der Waals surface area contributed by atoms with E-state index in [4.69, 9.17) is 0 Å². The zero-order valence-electron chi connectivity index (χ0n) is 13.2. The number of carbonyl (C=O) groups excluding carboxylic acids is 1. The number of guanidine groups is 1. The fourth-order valence-electron chi connectivity index (χ4n) is 1.80. The molecular weight excluding hydrogens is 264 g/mol. The van der Waals surface area contributed by atoms with Gasteiger partial charge in [-0.15, -0.1) is 0 Å². The maximum absolute atomic E-state index is 11.5. The molecule has 0 radical (unpaired) electrons. The maximum atomic E-state index is 11.5. The van der Waals surface area contributed by atoms with E-state index >= 15 is 0 Å². The number of rotatable bonds is 7. The van der Waals surface area contributed by atoms with Crippen molar-refractivity contribution >= 4 is 11.9 Å². The largest absolute Gasteiger partial charge is 0.357 e. The lowest BCUT2D eigenvalue weighted by atomic mass is 10.1. The highest BCUT2D eigenvalue weighted by molar-refractivity contribution is 5.80. The Bertz CT molecular complexity index is 443. The summed E-state index contributed by atoms with van der Waals surface area (Å²) in [5, 5.41) is 6.47. The lowest BCUT2D eigenvalue weighted by Gasteiger charge is -2.12. The standard InChI is InChI=1S/C16H26N4O/c1-4-17-16(19-13-11-15(21)20(2)3)18-12-10-14-8-6-5-7-9-14/h5-9H,4,10-13H2,1-3H3,(H2,17,18,19). The van der Waals surface area contributed by atoms with Gasteiger partial charge >= 0.3 is 0 Å². The monoisotopic (exact) mass is 290 g/mol. The van der Waals surface area contributed by atoms with Crippen LogP contribution in [0.1, 0.15) is 18.9 Å². The smallest absolute Gasteiger partial charge is 0.223 e. The molecule has 0 fully saturated rings. The number of aliphatic imine (C=N–C) groups is 1. The molecule has 116 valence electrons. The molecule has 1 amide bonds. The summed E-state index contributed by atoms with van der Waals surface area (Å²) in [6.45, 7) is 4.15. The lowest BCUT2D eigenvalue weighted by molar-refractivity contribution is -0.128. The minimum absolute atomic E-state index is 0.0962. The molecule has 0 heterocycles. The SMILES string of the molecule is CCNC(=NCCC(=O)N(C)C)NCCc1ccccc1. The van der Waals surface area contributed by atoms with Gasteiger partial charge in [0, 0.05) is 33.6 Å². The molecule has 0 atom stereocenters. The third-order valence-electron chi connectivity index (χ3n) is 2.99. The van der Waals surface area contributed by atoms with Crippen LogP contribution in [0, 0.1) is 0 Å².